The fourth-order valence-corrected chi connectivity index (χ4v) is 4.58. The van der Waals surface area contributed by atoms with Gasteiger partial charge in [0.25, 0.3) is 0 Å². The Hall–Kier alpha value is -2.17. The molecule has 0 aliphatic carbocycles. The van der Waals surface area contributed by atoms with Crippen molar-refractivity contribution < 1.29 is 22.7 Å². The van der Waals surface area contributed by atoms with Crippen LogP contribution in [0.3, 0.4) is 0 Å². The second-order valence-electron chi connectivity index (χ2n) is 7.92. The number of unbranched alkanes of at least 4 members (excludes halogenated alkanes) is 1. The summed E-state index contributed by atoms with van der Waals surface area (Å²) < 4.78 is 31.4. The van der Waals surface area contributed by atoms with Gasteiger partial charge in [0, 0.05) is 32.9 Å². The Morgan fingerprint density at radius 3 is 2.68 bits per heavy atom. The molecule has 0 radical (unpaired) electrons. The summed E-state index contributed by atoms with van der Waals surface area (Å²) in [7, 11) is 0.538. The highest BCUT2D eigenvalue weighted by Crippen LogP contribution is 2.29. The van der Waals surface area contributed by atoms with Gasteiger partial charge in [0.1, 0.15) is 10.6 Å². The summed E-state index contributed by atoms with van der Waals surface area (Å²) in [5.41, 5.74) is 0.372. The number of amides is 2. The molecular formula is C21H34N4O5S. The number of carbonyl (C=O) groups excluding carboxylic acids is 2. The highest BCUT2D eigenvalue weighted by molar-refractivity contribution is 7.89. The number of likely N-dealkylation sites (tertiary alicyclic amines) is 1. The normalized spacial score (nSPS) is 17.4. The van der Waals surface area contributed by atoms with E-state index in [4.69, 9.17) is 4.74 Å². The van der Waals surface area contributed by atoms with Gasteiger partial charge in [-0.25, -0.2) is 12.7 Å². The van der Waals surface area contributed by atoms with Gasteiger partial charge in [0.2, 0.25) is 21.8 Å². The fraction of sp³-hybridized carbons (Fsp3) is 0.619. The third-order valence-corrected chi connectivity index (χ3v) is 7.12. The SMILES string of the molecule is CCCCNC(=O)C1CCCN(CC(=O)Nc2ccc(OC)c(S(=O)(=O)N(C)C)c2)C1. The number of sulfonamides is 1. The maximum atomic E-state index is 12.6. The Bertz CT molecular complexity index is 873. The van der Waals surface area contributed by atoms with E-state index in [1.807, 2.05) is 4.90 Å². The van der Waals surface area contributed by atoms with E-state index in [2.05, 4.69) is 17.6 Å². The van der Waals surface area contributed by atoms with Crippen molar-refractivity contribution in [2.45, 2.75) is 37.5 Å². The molecule has 1 aliphatic heterocycles. The Morgan fingerprint density at radius 2 is 2.03 bits per heavy atom. The topological polar surface area (TPSA) is 108 Å². The van der Waals surface area contributed by atoms with Gasteiger partial charge >= 0.3 is 0 Å². The summed E-state index contributed by atoms with van der Waals surface area (Å²) in [6.45, 7) is 4.18. The average Bonchev–Trinajstić information content (AvgIpc) is 2.73. The standard InChI is InChI=1S/C21H34N4O5S/c1-5-6-11-22-21(27)16-8-7-12-25(14-16)15-20(26)23-17-9-10-18(30-4)19(13-17)31(28,29)24(2)3/h9-10,13,16H,5-8,11-12,14-15H2,1-4H3,(H,22,27)(H,23,26). The molecule has 2 rings (SSSR count). The van der Waals surface area contributed by atoms with Gasteiger partial charge in [-0.3, -0.25) is 14.5 Å². The number of anilines is 1. The number of hydrogen-bond donors (Lipinski definition) is 2. The van der Waals surface area contributed by atoms with E-state index in [1.54, 1.807) is 6.07 Å². The molecule has 10 heteroatoms. The molecule has 174 valence electrons. The summed E-state index contributed by atoms with van der Waals surface area (Å²) in [6.07, 6.45) is 3.66. The summed E-state index contributed by atoms with van der Waals surface area (Å²) in [6, 6.07) is 4.52. The molecule has 1 saturated heterocycles. The van der Waals surface area contributed by atoms with Gasteiger partial charge in [-0.1, -0.05) is 13.3 Å². The minimum Gasteiger partial charge on any atom is -0.495 e. The number of ether oxygens (including phenoxy) is 1. The highest BCUT2D eigenvalue weighted by Gasteiger charge is 2.27. The Balaban J connectivity index is 2.00. The van der Waals surface area contributed by atoms with Crippen LogP contribution in [0.2, 0.25) is 0 Å². The van der Waals surface area contributed by atoms with Gasteiger partial charge in [-0.05, 0) is 44.0 Å². The van der Waals surface area contributed by atoms with Crippen molar-refractivity contribution in [3.05, 3.63) is 18.2 Å². The number of hydrogen-bond acceptors (Lipinski definition) is 6. The van der Waals surface area contributed by atoms with Crippen LogP contribution in [-0.2, 0) is 19.6 Å². The van der Waals surface area contributed by atoms with E-state index >= 15 is 0 Å². The predicted molar refractivity (Wildman–Crippen MR) is 120 cm³/mol. The minimum atomic E-state index is -3.73. The first kappa shape index (κ1) is 25.1. The van der Waals surface area contributed by atoms with Crippen molar-refractivity contribution in [1.29, 1.82) is 0 Å². The van der Waals surface area contributed by atoms with Gasteiger partial charge in [0.05, 0.1) is 19.6 Å². The maximum Gasteiger partial charge on any atom is 0.246 e. The first-order valence-electron chi connectivity index (χ1n) is 10.6. The number of carbonyl (C=O) groups is 2. The first-order valence-corrected chi connectivity index (χ1v) is 12.0. The zero-order valence-corrected chi connectivity index (χ0v) is 19.6. The average molecular weight is 455 g/mol. The van der Waals surface area contributed by atoms with Gasteiger partial charge in [-0.2, -0.15) is 0 Å². The van der Waals surface area contributed by atoms with E-state index < -0.39 is 10.0 Å². The van der Waals surface area contributed by atoms with Crippen LogP contribution in [0.1, 0.15) is 32.6 Å². The van der Waals surface area contributed by atoms with Crippen LogP contribution in [0.15, 0.2) is 23.1 Å². The predicted octanol–water partition coefficient (Wildman–Crippen LogP) is 1.51. The summed E-state index contributed by atoms with van der Waals surface area (Å²) in [4.78, 5) is 26.9. The van der Waals surface area contributed by atoms with Gasteiger partial charge in [0.15, 0.2) is 0 Å². The molecule has 0 saturated carbocycles. The van der Waals surface area contributed by atoms with Crippen LogP contribution >= 0.6 is 0 Å². The molecule has 1 unspecified atom stereocenters. The van der Waals surface area contributed by atoms with Crippen molar-refractivity contribution >= 4 is 27.5 Å². The van der Waals surface area contributed by atoms with E-state index in [0.717, 1.165) is 36.5 Å². The van der Waals surface area contributed by atoms with Crippen LogP contribution in [0, 0.1) is 5.92 Å². The lowest BCUT2D eigenvalue weighted by Gasteiger charge is -2.31. The summed E-state index contributed by atoms with van der Waals surface area (Å²) in [5.74, 6) is -0.117. The molecule has 1 atom stereocenters. The lowest BCUT2D eigenvalue weighted by atomic mass is 9.97. The van der Waals surface area contributed by atoms with Crippen molar-refractivity contribution in [2.24, 2.45) is 5.92 Å². The van der Waals surface area contributed by atoms with E-state index in [-0.39, 0.29) is 34.9 Å². The number of benzene rings is 1. The molecule has 1 heterocycles. The van der Waals surface area contributed by atoms with Crippen molar-refractivity contribution in [1.82, 2.24) is 14.5 Å². The molecular weight excluding hydrogens is 420 g/mol. The van der Waals surface area contributed by atoms with Crippen LogP contribution in [0.25, 0.3) is 0 Å². The Kier molecular flexibility index (Phi) is 9.27. The second kappa shape index (κ2) is 11.4. The molecule has 0 spiro atoms. The lowest BCUT2D eigenvalue weighted by Crippen LogP contribution is -2.45. The Labute approximate surface area is 185 Å². The number of piperidine rings is 1. The number of methoxy groups -OCH3 is 1. The molecule has 2 N–H and O–H groups in total. The number of nitrogens with one attached hydrogen (secondary N) is 2. The van der Waals surface area contributed by atoms with Crippen LogP contribution in [0.5, 0.6) is 5.75 Å². The monoisotopic (exact) mass is 454 g/mol. The zero-order chi connectivity index (χ0) is 23.0. The molecule has 1 fully saturated rings. The summed E-state index contributed by atoms with van der Waals surface area (Å²) in [5, 5.41) is 5.73. The molecule has 31 heavy (non-hydrogen) atoms. The van der Waals surface area contributed by atoms with Crippen molar-refractivity contribution in [2.75, 3.05) is 52.7 Å². The molecule has 9 nitrogen and oxygen atoms in total. The zero-order valence-electron chi connectivity index (χ0n) is 18.8. The summed E-state index contributed by atoms with van der Waals surface area (Å²) >= 11 is 0. The number of nitrogens with zero attached hydrogens (tertiary/aromatic N) is 2. The van der Waals surface area contributed by atoms with Crippen LogP contribution < -0.4 is 15.4 Å². The van der Waals surface area contributed by atoms with Crippen LogP contribution in [-0.4, -0.2) is 76.8 Å². The quantitative estimate of drug-likeness (QED) is 0.519. The van der Waals surface area contributed by atoms with E-state index in [1.165, 1.54) is 33.3 Å². The Morgan fingerprint density at radius 1 is 1.29 bits per heavy atom. The largest absolute Gasteiger partial charge is 0.495 e. The van der Waals surface area contributed by atoms with E-state index in [9.17, 15) is 18.0 Å². The first-order chi connectivity index (χ1) is 14.7. The fourth-order valence-electron chi connectivity index (χ4n) is 3.50. The van der Waals surface area contributed by atoms with Gasteiger partial charge in [-0.15, -0.1) is 0 Å². The molecule has 1 aromatic carbocycles. The smallest absolute Gasteiger partial charge is 0.246 e. The molecule has 2 amide bonds. The third kappa shape index (κ3) is 6.91. The number of rotatable bonds is 10. The molecule has 1 aliphatic rings. The molecule has 0 bridgehead atoms. The molecule has 0 aromatic heterocycles. The van der Waals surface area contributed by atoms with Crippen molar-refractivity contribution in [3.8, 4) is 5.75 Å². The molecule has 1 aromatic rings. The van der Waals surface area contributed by atoms with E-state index in [0.29, 0.717) is 18.8 Å². The van der Waals surface area contributed by atoms with Gasteiger partial charge < -0.3 is 15.4 Å². The second-order valence-corrected chi connectivity index (χ2v) is 10.0. The van der Waals surface area contributed by atoms with Crippen LogP contribution in [0.4, 0.5) is 5.69 Å². The lowest BCUT2D eigenvalue weighted by molar-refractivity contribution is -0.127. The van der Waals surface area contributed by atoms with Crippen molar-refractivity contribution in [3.63, 3.8) is 0 Å². The third-order valence-electron chi connectivity index (χ3n) is 5.28. The highest BCUT2D eigenvalue weighted by atomic mass is 32.2. The minimum absolute atomic E-state index is 0.0143. The maximum absolute atomic E-state index is 12.6.